The molecule has 6 nitrogen and oxygen atoms in total. The second kappa shape index (κ2) is 6.50. The van der Waals surface area contributed by atoms with Crippen LogP contribution in [0.25, 0.3) is 0 Å². The molecule has 0 aromatic carbocycles. The van der Waals surface area contributed by atoms with Gasteiger partial charge in [0.2, 0.25) is 5.91 Å². The van der Waals surface area contributed by atoms with Crippen LogP contribution in [0.4, 0.5) is 0 Å². The lowest BCUT2D eigenvalue weighted by atomic mass is 9.78. The molecule has 1 unspecified atom stereocenters. The van der Waals surface area contributed by atoms with E-state index in [-0.39, 0.29) is 11.5 Å². The Bertz CT molecular complexity index is 710. The molecular formula is C21H31N3O3. The molecule has 3 fully saturated rings. The zero-order chi connectivity index (χ0) is 18.6. The van der Waals surface area contributed by atoms with Crippen molar-refractivity contribution in [1.82, 2.24) is 14.7 Å². The van der Waals surface area contributed by atoms with Crippen LogP contribution in [0.2, 0.25) is 0 Å². The van der Waals surface area contributed by atoms with Crippen LogP contribution in [0.1, 0.15) is 69.6 Å². The van der Waals surface area contributed by atoms with Gasteiger partial charge in [-0.1, -0.05) is 0 Å². The second-order valence-electron chi connectivity index (χ2n) is 9.33. The van der Waals surface area contributed by atoms with E-state index in [0.29, 0.717) is 23.8 Å². The number of hydrogen-bond acceptors (Lipinski definition) is 4. The highest BCUT2D eigenvalue weighted by atomic mass is 16.5. The minimum atomic E-state index is -0.574. The van der Waals surface area contributed by atoms with Gasteiger partial charge in [0, 0.05) is 45.3 Å². The lowest BCUT2D eigenvalue weighted by Gasteiger charge is -2.45. The van der Waals surface area contributed by atoms with Crippen molar-refractivity contribution < 1.29 is 14.6 Å². The Morgan fingerprint density at radius 2 is 1.78 bits per heavy atom. The Hall–Kier alpha value is -1.56. The maximum Gasteiger partial charge on any atom is 0.225 e. The monoisotopic (exact) mass is 373 g/mol. The van der Waals surface area contributed by atoms with E-state index in [2.05, 4.69) is 10.00 Å². The Morgan fingerprint density at radius 1 is 1.15 bits per heavy atom. The van der Waals surface area contributed by atoms with Gasteiger partial charge in [-0.2, -0.15) is 5.10 Å². The van der Waals surface area contributed by atoms with Gasteiger partial charge >= 0.3 is 0 Å². The minimum absolute atomic E-state index is 0.233. The van der Waals surface area contributed by atoms with Gasteiger partial charge < -0.3 is 14.7 Å². The van der Waals surface area contributed by atoms with Gasteiger partial charge in [0.15, 0.2) is 5.75 Å². The first-order valence-electron chi connectivity index (χ1n) is 10.7. The normalized spacial score (nSPS) is 32.8. The number of ether oxygens (including phenoxy) is 1. The van der Waals surface area contributed by atoms with Crippen LogP contribution >= 0.6 is 0 Å². The van der Waals surface area contributed by atoms with Gasteiger partial charge in [-0.05, 0) is 50.4 Å². The average molecular weight is 373 g/mol. The topological polar surface area (TPSA) is 67.6 Å². The molecule has 0 bridgehead atoms. The fourth-order valence-corrected chi connectivity index (χ4v) is 5.62. The molecule has 148 valence electrons. The summed E-state index contributed by atoms with van der Waals surface area (Å²) in [5.74, 6) is 3.16. The van der Waals surface area contributed by atoms with E-state index in [1.807, 2.05) is 13.2 Å². The number of carbonyl (C=O) groups excluding carboxylic acids is 1. The average Bonchev–Trinajstić information content (AvgIpc) is 3.44. The van der Waals surface area contributed by atoms with Crippen LogP contribution in [0.5, 0.6) is 5.75 Å². The number of aromatic nitrogens is 2. The van der Waals surface area contributed by atoms with Crippen molar-refractivity contribution in [2.24, 2.45) is 24.8 Å². The van der Waals surface area contributed by atoms with Crippen molar-refractivity contribution in [3.8, 4) is 5.75 Å². The highest BCUT2D eigenvalue weighted by molar-refractivity contribution is 5.79. The summed E-state index contributed by atoms with van der Waals surface area (Å²) in [5.41, 5.74) is 0.296. The number of fused-ring (bicyclic) bond motifs is 1. The third-order valence-electron chi connectivity index (χ3n) is 7.43. The highest BCUT2D eigenvalue weighted by Gasteiger charge is 2.45. The second-order valence-corrected chi connectivity index (χ2v) is 9.33. The number of aliphatic hydroxyl groups excluding tert-OH is 1. The Kier molecular flexibility index (Phi) is 4.22. The molecule has 6 heteroatoms. The van der Waals surface area contributed by atoms with E-state index in [1.165, 1.54) is 25.7 Å². The van der Waals surface area contributed by atoms with Gasteiger partial charge in [-0.15, -0.1) is 0 Å². The molecule has 1 atom stereocenters. The number of aryl methyl sites for hydroxylation is 1. The van der Waals surface area contributed by atoms with Crippen LogP contribution in [0.15, 0.2) is 6.20 Å². The molecule has 2 aliphatic heterocycles. The van der Waals surface area contributed by atoms with Gasteiger partial charge in [0.05, 0.1) is 6.20 Å². The molecule has 2 saturated carbocycles. The van der Waals surface area contributed by atoms with Crippen molar-refractivity contribution in [3.63, 3.8) is 0 Å². The molecule has 1 N–H and O–H groups in total. The van der Waals surface area contributed by atoms with Crippen molar-refractivity contribution in [2.45, 2.75) is 69.5 Å². The molecule has 2 aliphatic carbocycles. The summed E-state index contributed by atoms with van der Waals surface area (Å²) in [6.07, 6.45) is 10.9. The number of likely N-dealkylation sites (tertiary alicyclic amines) is 1. The zero-order valence-electron chi connectivity index (χ0n) is 16.3. The van der Waals surface area contributed by atoms with Crippen LogP contribution in [-0.2, 0) is 11.8 Å². The van der Waals surface area contributed by atoms with E-state index in [4.69, 9.17) is 4.74 Å². The van der Waals surface area contributed by atoms with E-state index >= 15 is 0 Å². The third kappa shape index (κ3) is 3.26. The first-order valence-corrected chi connectivity index (χ1v) is 10.7. The molecule has 5 rings (SSSR count). The largest absolute Gasteiger partial charge is 0.483 e. The third-order valence-corrected chi connectivity index (χ3v) is 7.43. The standard InChI is InChI=1S/C21H31N3O3/c1-23-13-18-19(22-23)17(25)12-21(27-18)8-10-24(11-9-21)20(26)16-6-4-15(5-7-16)14-2-3-14/h13-17,25H,2-12H2,1H3. The Balaban J connectivity index is 1.18. The summed E-state index contributed by atoms with van der Waals surface area (Å²) < 4.78 is 7.99. The molecule has 27 heavy (non-hydrogen) atoms. The fourth-order valence-electron chi connectivity index (χ4n) is 5.62. The van der Waals surface area contributed by atoms with Crippen LogP contribution in [0, 0.1) is 17.8 Å². The number of piperidine rings is 1. The zero-order valence-corrected chi connectivity index (χ0v) is 16.3. The first-order chi connectivity index (χ1) is 13.0. The number of hydrogen-bond donors (Lipinski definition) is 1. The van der Waals surface area contributed by atoms with Crippen LogP contribution < -0.4 is 4.74 Å². The number of carbonyl (C=O) groups is 1. The van der Waals surface area contributed by atoms with Crippen molar-refractivity contribution >= 4 is 5.91 Å². The number of nitrogens with zero attached hydrogens (tertiary/aromatic N) is 3. The molecule has 1 amide bonds. The maximum atomic E-state index is 13.0. The predicted octanol–water partition coefficient (Wildman–Crippen LogP) is 2.81. The smallest absolute Gasteiger partial charge is 0.225 e. The number of amides is 1. The van der Waals surface area contributed by atoms with Crippen molar-refractivity contribution in [1.29, 1.82) is 0 Å². The summed E-state index contributed by atoms with van der Waals surface area (Å²) in [7, 11) is 1.85. The molecule has 3 heterocycles. The molecule has 4 aliphatic rings. The molecular weight excluding hydrogens is 342 g/mol. The van der Waals surface area contributed by atoms with Gasteiger partial charge in [-0.25, -0.2) is 0 Å². The summed E-state index contributed by atoms with van der Waals surface area (Å²) in [6.45, 7) is 1.48. The molecule has 0 radical (unpaired) electrons. The minimum Gasteiger partial charge on any atom is -0.483 e. The fraction of sp³-hybridized carbons (Fsp3) is 0.810. The SMILES string of the molecule is Cn1cc2c(n1)C(O)CC1(CCN(C(=O)C3CCC(C4CC4)CC3)CC1)O2. The molecule has 1 spiro atoms. The molecule has 1 saturated heterocycles. The summed E-state index contributed by atoms with van der Waals surface area (Å²) in [6, 6.07) is 0. The van der Waals surface area contributed by atoms with Gasteiger partial charge in [-0.3, -0.25) is 9.48 Å². The van der Waals surface area contributed by atoms with E-state index < -0.39 is 6.10 Å². The van der Waals surface area contributed by atoms with Crippen LogP contribution in [-0.4, -0.2) is 44.4 Å². The summed E-state index contributed by atoms with van der Waals surface area (Å²) in [5, 5.41) is 14.8. The van der Waals surface area contributed by atoms with E-state index in [9.17, 15) is 9.90 Å². The lowest BCUT2D eigenvalue weighted by molar-refractivity contribution is -0.141. The highest BCUT2D eigenvalue weighted by Crippen LogP contribution is 2.46. The quantitative estimate of drug-likeness (QED) is 0.866. The summed E-state index contributed by atoms with van der Waals surface area (Å²) >= 11 is 0. The number of rotatable bonds is 2. The first kappa shape index (κ1) is 17.5. The van der Waals surface area contributed by atoms with E-state index in [0.717, 1.165) is 50.6 Å². The summed E-state index contributed by atoms with van der Waals surface area (Å²) in [4.78, 5) is 15.1. The number of aliphatic hydroxyl groups is 1. The predicted molar refractivity (Wildman–Crippen MR) is 100 cm³/mol. The Morgan fingerprint density at radius 3 is 2.41 bits per heavy atom. The molecule has 1 aromatic rings. The van der Waals surface area contributed by atoms with E-state index in [1.54, 1.807) is 4.68 Å². The van der Waals surface area contributed by atoms with Gasteiger partial charge in [0.25, 0.3) is 0 Å². The lowest BCUT2D eigenvalue weighted by Crippen LogP contribution is -2.53. The van der Waals surface area contributed by atoms with Crippen molar-refractivity contribution in [2.75, 3.05) is 13.1 Å². The van der Waals surface area contributed by atoms with Crippen molar-refractivity contribution in [3.05, 3.63) is 11.9 Å². The van der Waals surface area contributed by atoms with Crippen LogP contribution in [0.3, 0.4) is 0 Å². The Labute approximate surface area is 160 Å². The van der Waals surface area contributed by atoms with Gasteiger partial charge in [0.1, 0.15) is 17.4 Å². The maximum absolute atomic E-state index is 13.0. The molecule has 1 aromatic heterocycles.